The van der Waals surface area contributed by atoms with E-state index in [0.717, 1.165) is 43.7 Å². The average molecular weight is 433 g/mol. The highest BCUT2D eigenvalue weighted by Gasteiger charge is 2.20. The van der Waals surface area contributed by atoms with Crippen LogP contribution in [0.3, 0.4) is 0 Å². The number of imidazole rings is 1. The molecule has 0 bridgehead atoms. The minimum absolute atomic E-state index is 0.348. The molecule has 0 aliphatic rings. The van der Waals surface area contributed by atoms with E-state index >= 15 is 0 Å². The molecule has 0 atom stereocenters. The fourth-order valence-electron chi connectivity index (χ4n) is 2.47. The Kier molecular flexibility index (Phi) is 4.12. The lowest BCUT2D eigenvalue weighted by Gasteiger charge is -2.10. The summed E-state index contributed by atoms with van der Waals surface area (Å²) in [6.45, 7) is 2.08. The zero-order valence-electron chi connectivity index (χ0n) is 11.6. The Morgan fingerprint density at radius 1 is 1.29 bits per heavy atom. The average Bonchev–Trinajstić information content (AvgIpc) is 2.97. The molecule has 110 valence electrons. The molecule has 0 unspecified atom stereocenters. The third kappa shape index (κ3) is 2.43. The molecule has 0 amide bonds. The van der Waals surface area contributed by atoms with Crippen LogP contribution < -0.4 is 0 Å². The summed E-state index contributed by atoms with van der Waals surface area (Å²) in [5, 5.41) is 4.54. The predicted molar refractivity (Wildman–Crippen MR) is 92.2 cm³/mol. The molecule has 21 heavy (non-hydrogen) atoms. The number of rotatable bonds is 3. The van der Waals surface area contributed by atoms with Crippen molar-refractivity contribution in [3.05, 3.63) is 38.7 Å². The Hall–Kier alpha value is -0.850. The van der Waals surface area contributed by atoms with Crippen LogP contribution in [0.1, 0.15) is 18.4 Å². The molecule has 0 aliphatic heterocycles. The first-order valence-corrected chi connectivity index (χ1v) is 8.63. The van der Waals surface area contributed by atoms with Gasteiger partial charge in [0.15, 0.2) is 5.65 Å². The number of nitrogens with zero attached hydrogens (tertiary/aromatic N) is 4. The third-order valence-corrected chi connectivity index (χ3v) is 4.75. The second-order valence-electron chi connectivity index (χ2n) is 4.69. The van der Waals surface area contributed by atoms with Crippen LogP contribution in [0.4, 0.5) is 0 Å². The molecule has 0 fully saturated rings. The molecular formula is C14H13Br2ClN4. The molecule has 4 nitrogen and oxygen atoms in total. The Balaban J connectivity index is 2.37. The molecule has 2 heterocycles. The maximum atomic E-state index is 6.10. The summed E-state index contributed by atoms with van der Waals surface area (Å²) in [5.74, 6) is 1.16. The summed E-state index contributed by atoms with van der Waals surface area (Å²) in [7, 11) is 1.93. The standard InChI is InChI=1S/C14H13Br2ClN4/c1-3-10-13-14(20(2)19-10)21(12(7-17)18-13)11-5-4-8(15)6-9(11)16/h4-6H,3,7H2,1-2H3. The van der Waals surface area contributed by atoms with Gasteiger partial charge >= 0.3 is 0 Å². The molecule has 0 radical (unpaired) electrons. The molecule has 0 saturated heterocycles. The van der Waals surface area contributed by atoms with E-state index in [2.05, 4.69) is 53.4 Å². The topological polar surface area (TPSA) is 35.6 Å². The number of aryl methyl sites for hydroxylation is 2. The summed E-state index contributed by atoms with van der Waals surface area (Å²) in [4.78, 5) is 4.68. The summed E-state index contributed by atoms with van der Waals surface area (Å²) >= 11 is 13.2. The van der Waals surface area contributed by atoms with Gasteiger partial charge in [-0.15, -0.1) is 11.6 Å². The zero-order chi connectivity index (χ0) is 15.1. The van der Waals surface area contributed by atoms with Crippen molar-refractivity contribution >= 4 is 54.6 Å². The minimum atomic E-state index is 0.348. The quantitative estimate of drug-likeness (QED) is 0.568. The van der Waals surface area contributed by atoms with Gasteiger partial charge in [-0.05, 0) is 40.5 Å². The summed E-state index contributed by atoms with van der Waals surface area (Å²) in [6, 6.07) is 6.04. The number of alkyl halides is 1. The van der Waals surface area contributed by atoms with Gasteiger partial charge in [0.1, 0.15) is 11.3 Å². The lowest BCUT2D eigenvalue weighted by atomic mass is 10.3. The Bertz CT molecular complexity index is 822. The van der Waals surface area contributed by atoms with Crippen LogP contribution in [0.5, 0.6) is 0 Å². The van der Waals surface area contributed by atoms with Crippen LogP contribution in [0.15, 0.2) is 27.1 Å². The number of hydrogen-bond acceptors (Lipinski definition) is 2. The lowest BCUT2D eigenvalue weighted by molar-refractivity contribution is 0.744. The van der Waals surface area contributed by atoms with Gasteiger partial charge < -0.3 is 0 Å². The van der Waals surface area contributed by atoms with Crippen LogP contribution in [0, 0.1) is 0 Å². The fraction of sp³-hybridized carbons (Fsp3) is 0.286. The van der Waals surface area contributed by atoms with Crippen molar-refractivity contribution in [3.8, 4) is 5.69 Å². The maximum Gasteiger partial charge on any atom is 0.163 e. The van der Waals surface area contributed by atoms with Crippen molar-refractivity contribution in [2.75, 3.05) is 0 Å². The first-order valence-electron chi connectivity index (χ1n) is 6.51. The number of fused-ring (bicyclic) bond motifs is 1. The Morgan fingerprint density at radius 2 is 2.05 bits per heavy atom. The first kappa shape index (κ1) is 15.1. The highest BCUT2D eigenvalue weighted by atomic mass is 79.9. The lowest BCUT2D eigenvalue weighted by Crippen LogP contribution is -2.05. The second-order valence-corrected chi connectivity index (χ2v) is 6.73. The summed E-state index contributed by atoms with van der Waals surface area (Å²) in [5.41, 5.74) is 3.88. The van der Waals surface area contributed by atoms with Gasteiger partial charge in [0.2, 0.25) is 0 Å². The zero-order valence-corrected chi connectivity index (χ0v) is 15.5. The molecule has 0 aliphatic carbocycles. The van der Waals surface area contributed by atoms with Crippen molar-refractivity contribution in [3.63, 3.8) is 0 Å². The predicted octanol–water partition coefficient (Wildman–Crippen LogP) is 4.59. The van der Waals surface area contributed by atoms with Crippen LogP contribution >= 0.6 is 43.5 Å². The highest BCUT2D eigenvalue weighted by Crippen LogP contribution is 2.31. The second kappa shape index (κ2) is 5.74. The van der Waals surface area contributed by atoms with E-state index in [1.165, 1.54) is 0 Å². The third-order valence-electron chi connectivity index (χ3n) is 3.38. The molecule has 3 rings (SSSR count). The number of aromatic nitrogens is 4. The minimum Gasteiger partial charge on any atom is -0.279 e. The van der Waals surface area contributed by atoms with Crippen molar-refractivity contribution in [1.29, 1.82) is 0 Å². The Labute approximate surface area is 144 Å². The maximum absolute atomic E-state index is 6.10. The van der Waals surface area contributed by atoms with Crippen LogP contribution in [-0.4, -0.2) is 19.3 Å². The van der Waals surface area contributed by atoms with Crippen LogP contribution in [-0.2, 0) is 19.3 Å². The highest BCUT2D eigenvalue weighted by molar-refractivity contribution is 9.11. The van der Waals surface area contributed by atoms with Crippen LogP contribution in [0.2, 0.25) is 0 Å². The van der Waals surface area contributed by atoms with Gasteiger partial charge in [-0.25, -0.2) is 9.67 Å². The largest absolute Gasteiger partial charge is 0.279 e. The van der Waals surface area contributed by atoms with Crippen molar-refractivity contribution in [2.24, 2.45) is 7.05 Å². The molecule has 3 aromatic rings. The summed E-state index contributed by atoms with van der Waals surface area (Å²) < 4.78 is 5.92. The molecule has 2 aromatic heterocycles. The van der Waals surface area contributed by atoms with Crippen molar-refractivity contribution in [2.45, 2.75) is 19.2 Å². The molecule has 0 N–H and O–H groups in total. The molecule has 7 heteroatoms. The fourth-order valence-corrected chi connectivity index (χ4v) is 3.87. The van der Waals surface area contributed by atoms with Gasteiger partial charge in [0.25, 0.3) is 0 Å². The van der Waals surface area contributed by atoms with E-state index in [0.29, 0.717) is 5.88 Å². The molecule has 0 saturated carbocycles. The van der Waals surface area contributed by atoms with E-state index in [4.69, 9.17) is 11.6 Å². The molecular weight excluding hydrogens is 419 g/mol. The summed E-state index contributed by atoms with van der Waals surface area (Å²) in [6.07, 6.45) is 0.845. The molecule has 1 aromatic carbocycles. The number of benzene rings is 1. The van der Waals surface area contributed by atoms with Gasteiger partial charge in [-0.1, -0.05) is 22.9 Å². The molecule has 0 spiro atoms. The number of hydrogen-bond donors (Lipinski definition) is 0. The van der Waals surface area contributed by atoms with Crippen LogP contribution in [0.25, 0.3) is 16.9 Å². The number of halogens is 3. The van der Waals surface area contributed by atoms with Gasteiger partial charge in [0.05, 0.1) is 17.3 Å². The first-order chi connectivity index (χ1) is 10.1. The van der Waals surface area contributed by atoms with Crippen molar-refractivity contribution in [1.82, 2.24) is 19.3 Å². The van der Waals surface area contributed by atoms with E-state index in [9.17, 15) is 0 Å². The van der Waals surface area contributed by atoms with E-state index < -0.39 is 0 Å². The van der Waals surface area contributed by atoms with Crippen molar-refractivity contribution < 1.29 is 0 Å². The smallest absolute Gasteiger partial charge is 0.163 e. The SMILES string of the molecule is CCc1nn(C)c2c1nc(CCl)n2-c1ccc(Br)cc1Br. The van der Waals surface area contributed by atoms with E-state index in [1.807, 2.05) is 29.9 Å². The van der Waals surface area contributed by atoms with Gasteiger partial charge in [0, 0.05) is 16.0 Å². The Morgan fingerprint density at radius 3 is 2.67 bits per heavy atom. The normalized spacial score (nSPS) is 11.5. The monoisotopic (exact) mass is 430 g/mol. The van der Waals surface area contributed by atoms with E-state index in [1.54, 1.807) is 0 Å². The van der Waals surface area contributed by atoms with E-state index in [-0.39, 0.29) is 0 Å². The van der Waals surface area contributed by atoms with Gasteiger partial charge in [-0.2, -0.15) is 5.10 Å². The van der Waals surface area contributed by atoms with Gasteiger partial charge in [-0.3, -0.25) is 4.57 Å².